The van der Waals surface area contributed by atoms with Crippen LogP contribution in [0.1, 0.15) is 0 Å². The van der Waals surface area contributed by atoms with Gasteiger partial charge in [0.15, 0.2) is 6.29 Å². The number of nitrogens with two attached hydrogens (primary N) is 2. The van der Waals surface area contributed by atoms with Crippen LogP contribution < -0.4 is 20.9 Å². The summed E-state index contributed by atoms with van der Waals surface area (Å²) < 4.78 is 27.9. The van der Waals surface area contributed by atoms with Crippen molar-refractivity contribution in [1.29, 1.82) is 0 Å². The first-order chi connectivity index (χ1) is 10.4. The molecule has 1 rings (SSSR count). The van der Waals surface area contributed by atoms with Crippen LogP contribution in [0.4, 0.5) is 9.59 Å². The Kier molecular flexibility index (Phi) is 8.10. The normalized spacial score (nSPS) is 30.6. The molecule has 0 spiro atoms. The molecule has 4 amide bonds. The van der Waals surface area contributed by atoms with E-state index in [0.717, 1.165) is 0 Å². The second-order valence-corrected chi connectivity index (χ2v) is 5.57. The fourth-order valence-corrected chi connectivity index (χ4v) is 1.95. The summed E-state index contributed by atoms with van der Waals surface area (Å²) in [5, 5.41) is 44.7. The first-order valence-corrected chi connectivity index (χ1v) is 7.27. The lowest BCUT2D eigenvalue weighted by Gasteiger charge is -2.37. The van der Waals surface area contributed by atoms with Gasteiger partial charge in [0.2, 0.25) is 0 Å². The van der Waals surface area contributed by atoms with Crippen molar-refractivity contribution in [3.05, 3.63) is 0 Å². The maximum absolute atomic E-state index is 10.4. The summed E-state index contributed by atoms with van der Waals surface area (Å²) in [6.07, 6.45) is -7.04. The van der Waals surface area contributed by atoms with Gasteiger partial charge in [0.1, 0.15) is 24.4 Å². The maximum atomic E-state index is 10.4. The summed E-state index contributed by atoms with van der Waals surface area (Å²) in [6.45, 7) is -0.526. The van der Waals surface area contributed by atoms with Crippen molar-refractivity contribution in [3.8, 4) is 0 Å². The van der Waals surface area contributed by atoms with Gasteiger partial charge in [-0.15, -0.1) is 0 Å². The number of nitrogens with one attached hydrogen (secondary N) is 2. The highest BCUT2D eigenvalue weighted by molar-refractivity contribution is 7.88. The van der Waals surface area contributed by atoms with Crippen molar-refractivity contribution in [2.75, 3.05) is 6.61 Å². The van der Waals surface area contributed by atoms with Gasteiger partial charge in [-0.3, -0.25) is 0 Å². The van der Waals surface area contributed by atoms with Gasteiger partial charge < -0.3 is 41.7 Å². The van der Waals surface area contributed by atoms with E-state index in [1.807, 2.05) is 0 Å². The van der Waals surface area contributed by atoms with Gasteiger partial charge in [-0.25, -0.2) is 19.0 Å². The smallest absolute Gasteiger partial charge is 0.328 e. The summed E-state index contributed by atoms with van der Waals surface area (Å²) in [7, 11) is -4.23. The Morgan fingerprint density at radius 2 is 1.39 bits per heavy atom. The predicted octanol–water partition coefficient (Wildman–Crippen LogP) is -5.65. The summed E-state index contributed by atoms with van der Waals surface area (Å²) >= 11 is 0. The number of aliphatic hydroxyl groups excluding tert-OH is 5. The SMILES string of the molecule is NC(=O)NS(=O)(=O)NC(N)=O.OC[C@H]1OC(O)[C@H](O)[C@@H](O)[C@@H]1O. The van der Waals surface area contributed by atoms with Crippen molar-refractivity contribution in [2.45, 2.75) is 30.7 Å². The Morgan fingerprint density at radius 3 is 1.74 bits per heavy atom. The van der Waals surface area contributed by atoms with E-state index in [0.29, 0.717) is 0 Å². The van der Waals surface area contributed by atoms with Crippen molar-refractivity contribution in [2.24, 2.45) is 11.5 Å². The average Bonchev–Trinajstić information content (AvgIpc) is 2.38. The van der Waals surface area contributed by atoms with Crippen LogP contribution in [0, 0.1) is 0 Å². The van der Waals surface area contributed by atoms with Crippen LogP contribution in [-0.2, 0) is 14.9 Å². The van der Waals surface area contributed by atoms with Crippen LogP contribution in [0.5, 0.6) is 0 Å². The minimum atomic E-state index is -4.23. The van der Waals surface area contributed by atoms with Crippen molar-refractivity contribution in [3.63, 3.8) is 0 Å². The molecule has 1 aliphatic heterocycles. The highest BCUT2D eigenvalue weighted by Gasteiger charge is 2.42. The van der Waals surface area contributed by atoms with Crippen LogP contribution in [0.25, 0.3) is 0 Å². The molecular weight excluding hydrogens is 344 g/mol. The molecule has 0 saturated carbocycles. The topological polar surface area (TPSA) is 255 Å². The third-order valence-electron chi connectivity index (χ3n) is 2.34. The van der Waals surface area contributed by atoms with Gasteiger partial charge in [0, 0.05) is 0 Å². The zero-order valence-corrected chi connectivity index (χ0v) is 12.3. The van der Waals surface area contributed by atoms with E-state index in [1.165, 1.54) is 9.44 Å². The minimum Gasteiger partial charge on any atom is -0.394 e. The Hall–Kier alpha value is -1.75. The Bertz CT molecular complexity index is 486. The van der Waals surface area contributed by atoms with Crippen molar-refractivity contribution >= 4 is 22.3 Å². The molecule has 0 radical (unpaired) electrons. The number of amides is 4. The Morgan fingerprint density at radius 1 is 0.957 bits per heavy atom. The van der Waals surface area contributed by atoms with E-state index < -0.39 is 59.6 Å². The highest BCUT2D eigenvalue weighted by Crippen LogP contribution is 2.18. The van der Waals surface area contributed by atoms with Gasteiger partial charge >= 0.3 is 22.3 Å². The number of hydrogen-bond acceptors (Lipinski definition) is 10. The standard InChI is InChI=1S/C6H12O6.C2H6N4O4S/c7-1-2-3(8)4(9)5(10)6(11)12-2;3-1(7)5-11(9,10)6-2(4)8/h2-11H,1H2;(H3,3,5,7)(H3,4,6,8)/t2-,3-,4+,5-,6?;/m1./s1. The number of urea groups is 2. The Balaban J connectivity index is 0.000000423. The number of carbonyl (C=O) groups excluding carboxylic acids is 2. The first kappa shape index (κ1) is 21.2. The molecule has 1 aliphatic rings. The van der Waals surface area contributed by atoms with Gasteiger partial charge in [0.25, 0.3) is 0 Å². The summed E-state index contributed by atoms with van der Waals surface area (Å²) in [4.78, 5) is 19.9. The lowest BCUT2D eigenvalue weighted by atomic mass is 10.00. The summed E-state index contributed by atoms with van der Waals surface area (Å²) in [5.74, 6) is 0. The molecule has 0 aromatic carbocycles. The molecule has 15 heteroatoms. The van der Waals surface area contributed by atoms with Gasteiger partial charge in [0.05, 0.1) is 6.61 Å². The molecule has 1 unspecified atom stereocenters. The quantitative estimate of drug-likeness (QED) is 0.230. The third kappa shape index (κ3) is 7.37. The molecule has 5 atom stereocenters. The molecule has 0 bridgehead atoms. The first-order valence-electron chi connectivity index (χ1n) is 5.79. The lowest BCUT2D eigenvalue weighted by molar-refractivity contribution is -0.286. The zero-order chi connectivity index (χ0) is 18.4. The van der Waals surface area contributed by atoms with Crippen molar-refractivity contribution < 1.29 is 48.3 Å². The fourth-order valence-electron chi connectivity index (χ4n) is 1.37. The number of carbonyl (C=O) groups is 2. The fraction of sp³-hybridized carbons (Fsp3) is 0.750. The number of ether oxygens (including phenoxy) is 1. The second kappa shape index (κ2) is 8.77. The molecule has 14 nitrogen and oxygen atoms in total. The van der Waals surface area contributed by atoms with E-state index in [9.17, 15) is 18.0 Å². The largest absolute Gasteiger partial charge is 0.394 e. The Labute approximate surface area is 129 Å². The highest BCUT2D eigenvalue weighted by atomic mass is 32.2. The van der Waals surface area contributed by atoms with E-state index in [-0.39, 0.29) is 0 Å². The van der Waals surface area contributed by atoms with Gasteiger partial charge in [-0.2, -0.15) is 8.42 Å². The molecule has 1 saturated heterocycles. The number of primary amides is 2. The van der Waals surface area contributed by atoms with E-state index in [2.05, 4.69) is 16.2 Å². The molecule has 1 heterocycles. The van der Waals surface area contributed by atoms with Crippen LogP contribution in [0.3, 0.4) is 0 Å². The number of hydrogen-bond donors (Lipinski definition) is 9. The molecule has 23 heavy (non-hydrogen) atoms. The van der Waals surface area contributed by atoms with Crippen LogP contribution in [-0.4, -0.2) is 83.3 Å². The maximum Gasteiger partial charge on any atom is 0.328 e. The summed E-state index contributed by atoms with van der Waals surface area (Å²) in [5.41, 5.74) is 8.87. The van der Waals surface area contributed by atoms with Gasteiger partial charge in [-0.1, -0.05) is 0 Å². The minimum absolute atomic E-state index is 0.526. The zero-order valence-electron chi connectivity index (χ0n) is 11.4. The van der Waals surface area contributed by atoms with E-state index in [4.69, 9.17) is 25.5 Å². The molecule has 1 fully saturated rings. The van der Waals surface area contributed by atoms with E-state index >= 15 is 0 Å². The monoisotopic (exact) mass is 362 g/mol. The third-order valence-corrected chi connectivity index (χ3v) is 3.28. The molecule has 0 aliphatic carbocycles. The molecule has 0 aromatic rings. The van der Waals surface area contributed by atoms with Gasteiger partial charge in [-0.05, 0) is 0 Å². The molecule has 136 valence electrons. The van der Waals surface area contributed by atoms with Crippen molar-refractivity contribution in [1.82, 2.24) is 9.44 Å². The molecular formula is C8H18N4O10S. The lowest BCUT2D eigenvalue weighted by Crippen LogP contribution is -2.58. The van der Waals surface area contributed by atoms with Crippen LogP contribution in [0.2, 0.25) is 0 Å². The average molecular weight is 362 g/mol. The number of rotatable bonds is 3. The molecule has 11 N–H and O–H groups in total. The summed E-state index contributed by atoms with van der Waals surface area (Å²) in [6, 6.07) is -2.61. The van der Waals surface area contributed by atoms with Crippen LogP contribution in [0.15, 0.2) is 0 Å². The van der Waals surface area contributed by atoms with Crippen LogP contribution >= 0.6 is 0 Å². The predicted molar refractivity (Wildman–Crippen MR) is 70.3 cm³/mol. The molecule has 0 aromatic heterocycles. The second-order valence-electron chi connectivity index (χ2n) is 4.16. The number of aliphatic hydroxyl groups is 5. The van der Waals surface area contributed by atoms with E-state index in [1.54, 1.807) is 0 Å².